The molecule has 0 radical (unpaired) electrons. The summed E-state index contributed by atoms with van der Waals surface area (Å²) < 4.78 is 5.85. The molecule has 3 rings (SSSR count). The molecule has 1 aromatic rings. The summed E-state index contributed by atoms with van der Waals surface area (Å²) in [6.07, 6.45) is 1.45. The number of hydrogen-bond acceptors (Lipinski definition) is 4. The van der Waals surface area contributed by atoms with Crippen LogP contribution >= 0.6 is 0 Å². The molecular weight excluding hydrogens is 244 g/mol. The molecule has 1 saturated carbocycles. The van der Waals surface area contributed by atoms with Gasteiger partial charge >= 0.3 is 0 Å². The molecule has 0 spiro atoms. The maximum Gasteiger partial charge on any atom is 0.221 e. The zero-order valence-electron chi connectivity index (χ0n) is 11.0. The highest BCUT2D eigenvalue weighted by Crippen LogP contribution is 2.52. The van der Waals surface area contributed by atoms with Crippen LogP contribution in [0.1, 0.15) is 37.3 Å². The third-order valence-corrected chi connectivity index (χ3v) is 3.87. The van der Waals surface area contributed by atoms with Crippen molar-refractivity contribution < 1.29 is 9.53 Å². The van der Waals surface area contributed by atoms with Gasteiger partial charge in [0.1, 0.15) is 17.0 Å². The van der Waals surface area contributed by atoms with Crippen molar-refractivity contribution in [1.29, 1.82) is 0 Å². The Morgan fingerprint density at radius 3 is 2.79 bits per heavy atom. The molecule has 2 atom stereocenters. The summed E-state index contributed by atoms with van der Waals surface area (Å²) >= 11 is 0. The van der Waals surface area contributed by atoms with Gasteiger partial charge in [0.2, 0.25) is 5.91 Å². The number of fused-ring (bicyclic) bond motifs is 1. The Morgan fingerprint density at radius 1 is 1.47 bits per heavy atom. The lowest BCUT2D eigenvalue weighted by molar-refractivity contribution is -0.119. The van der Waals surface area contributed by atoms with E-state index in [4.69, 9.17) is 10.5 Å². The van der Waals surface area contributed by atoms with Crippen LogP contribution in [0, 0.1) is 10.8 Å². The Kier molecular flexibility index (Phi) is 2.42. The van der Waals surface area contributed by atoms with Gasteiger partial charge in [-0.25, -0.2) is 0 Å². The average molecular weight is 260 g/mol. The van der Waals surface area contributed by atoms with Gasteiger partial charge in [-0.05, 0) is 49.1 Å². The Balaban J connectivity index is 1.99. The molecule has 1 amide bonds. The average Bonchev–Trinajstić information content (AvgIpc) is 3.04. The zero-order chi connectivity index (χ0) is 13.8. The van der Waals surface area contributed by atoms with Gasteiger partial charge in [0.05, 0.1) is 0 Å². The molecule has 2 aliphatic rings. The number of primary amides is 1. The fourth-order valence-electron chi connectivity index (χ4n) is 2.88. The van der Waals surface area contributed by atoms with Gasteiger partial charge < -0.3 is 10.5 Å². The summed E-state index contributed by atoms with van der Waals surface area (Å²) in [6, 6.07) is 3.64. The lowest BCUT2D eigenvalue weighted by Gasteiger charge is -2.16. The number of ether oxygens (including phenoxy) is 1. The van der Waals surface area contributed by atoms with Crippen LogP contribution in [-0.4, -0.2) is 11.5 Å². The standard InChI is InChI=1S/C14H16N2O3/c1-14(2)6-7-3-11(16-18)9(5-12(7)19-14)8-4-10(8)13(15)17/h3,5,8,10H,4,6H2,1-2H3,(H2,15,17)/t8?,10-/m1/s1. The third kappa shape index (κ3) is 1.99. The maximum absolute atomic E-state index is 11.2. The number of rotatable bonds is 3. The summed E-state index contributed by atoms with van der Waals surface area (Å²) in [4.78, 5) is 22.2. The first-order chi connectivity index (χ1) is 8.91. The minimum atomic E-state index is -0.316. The van der Waals surface area contributed by atoms with Crippen molar-refractivity contribution in [1.82, 2.24) is 0 Å². The Morgan fingerprint density at radius 2 is 2.21 bits per heavy atom. The molecule has 0 aromatic heterocycles. The van der Waals surface area contributed by atoms with Crippen LogP contribution < -0.4 is 10.5 Å². The predicted octanol–water partition coefficient (Wildman–Crippen LogP) is 2.39. The Bertz CT molecular complexity index is 580. The molecule has 5 heteroatoms. The number of amides is 1. The largest absolute Gasteiger partial charge is 0.487 e. The molecule has 1 heterocycles. The highest BCUT2D eigenvalue weighted by Gasteiger charge is 2.45. The quantitative estimate of drug-likeness (QED) is 0.847. The summed E-state index contributed by atoms with van der Waals surface area (Å²) in [5.41, 5.74) is 7.24. The van der Waals surface area contributed by atoms with E-state index < -0.39 is 0 Å². The van der Waals surface area contributed by atoms with Crippen LogP contribution in [0.5, 0.6) is 5.75 Å². The molecule has 1 aromatic carbocycles. The van der Waals surface area contributed by atoms with E-state index in [2.05, 4.69) is 5.18 Å². The number of nitroso groups, excluding NO2 is 1. The van der Waals surface area contributed by atoms with E-state index in [1.807, 2.05) is 19.9 Å². The van der Waals surface area contributed by atoms with Crippen molar-refractivity contribution in [3.63, 3.8) is 0 Å². The Hall–Kier alpha value is -1.91. The van der Waals surface area contributed by atoms with E-state index in [1.54, 1.807) is 6.07 Å². The van der Waals surface area contributed by atoms with Gasteiger partial charge in [0.25, 0.3) is 0 Å². The van der Waals surface area contributed by atoms with Crippen molar-refractivity contribution in [2.75, 3.05) is 0 Å². The van der Waals surface area contributed by atoms with Gasteiger partial charge in [-0.2, -0.15) is 0 Å². The van der Waals surface area contributed by atoms with E-state index in [-0.39, 0.29) is 23.3 Å². The van der Waals surface area contributed by atoms with E-state index in [9.17, 15) is 9.70 Å². The van der Waals surface area contributed by atoms with E-state index in [0.717, 1.165) is 23.3 Å². The van der Waals surface area contributed by atoms with Crippen LogP contribution in [0.25, 0.3) is 0 Å². The highest BCUT2D eigenvalue weighted by atomic mass is 16.5. The van der Waals surface area contributed by atoms with Gasteiger partial charge in [-0.1, -0.05) is 0 Å². The Labute approximate surface area is 111 Å². The SMILES string of the molecule is CC1(C)Cc2cc(N=O)c(C3C[C@H]3C(N)=O)cc2O1. The van der Waals surface area contributed by atoms with Gasteiger partial charge in [-0.3, -0.25) is 4.79 Å². The minimum absolute atomic E-state index is 0.0165. The minimum Gasteiger partial charge on any atom is -0.487 e. The normalized spacial score (nSPS) is 26.4. The monoisotopic (exact) mass is 260 g/mol. The van der Waals surface area contributed by atoms with E-state index >= 15 is 0 Å². The zero-order valence-corrected chi connectivity index (χ0v) is 11.0. The second kappa shape index (κ2) is 3.79. The molecule has 0 saturated heterocycles. The third-order valence-electron chi connectivity index (χ3n) is 3.87. The first-order valence-corrected chi connectivity index (χ1v) is 6.40. The number of benzene rings is 1. The summed E-state index contributed by atoms with van der Waals surface area (Å²) in [5, 5.41) is 3.09. The molecule has 1 fully saturated rings. The smallest absolute Gasteiger partial charge is 0.221 e. The van der Waals surface area contributed by atoms with Crippen molar-refractivity contribution >= 4 is 11.6 Å². The number of nitrogens with two attached hydrogens (primary N) is 1. The number of carbonyl (C=O) groups is 1. The van der Waals surface area contributed by atoms with E-state index in [1.165, 1.54) is 0 Å². The number of hydrogen-bond donors (Lipinski definition) is 1. The second-order valence-corrected chi connectivity index (χ2v) is 6.00. The van der Waals surface area contributed by atoms with E-state index in [0.29, 0.717) is 12.1 Å². The molecule has 1 aliphatic heterocycles. The molecule has 1 aliphatic carbocycles. The lowest BCUT2D eigenvalue weighted by Crippen LogP contribution is -2.24. The van der Waals surface area contributed by atoms with Crippen molar-refractivity contribution in [3.8, 4) is 5.75 Å². The number of nitrogens with zero attached hydrogens (tertiary/aromatic N) is 1. The van der Waals surface area contributed by atoms with Crippen LogP contribution in [-0.2, 0) is 11.2 Å². The molecule has 100 valence electrons. The molecule has 1 unspecified atom stereocenters. The first-order valence-electron chi connectivity index (χ1n) is 6.40. The lowest BCUT2D eigenvalue weighted by atomic mass is 9.98. The molecule has 0 bridgehead atoms. The second-order valence-electron chi connectivity index (χ2n) is 6.00. The molecule has 2 N–H and O–H groups in total. The van der Waals surface area contributed by atoms with Crippen molar-refractivity contribution in [2.45, 2.75) is 38.2 Å². The van der Waals surface area contributed by atoms with Crippen LogP contribution in [0.15, 0.2) is 17.3 Å². The van der Waals surface area contributed by atoms with Gasteiger partial charge in [0.15, 0.2) is 0 Å². The summed E-state index contributed by atoms with van der Waals surface area (Å²) in [5.74, 6) is 0.321. The fraction of sp³-hybridized carbons (Fsp3) is 0.500. The molecule has 5 nitrogen and oxygen atoms in total. The van der Waals surface area contributed by atoms with Crippen molar-refractivity contribution in [3.05, 3.63) is 28.2 Å². The van der Waals surface area contributed by atoms with Crippen LogP contribution in [0.3, 0.4) is 0 Å². The van der Waals surface area contributed by atoms with Gasteiger partial charge in [0, 0.05) is 17.9 Å². The molecular formula is C14H16N2O3. The topological polar surface area (TPSA) is 81.8 Å². The summed E-state index contributed by atoms with van der Waals surface area (Å²) in [7, 11) is 0. The highest BCUT2D eigenvalue weighted by molar-refractivity contribution is 5.82. The first kappa shape index (κ1) is 12.1. The predicted molar refractivity (Wildman–Crippen MR) is 70.4 cm³/mol. The number of carbonyl (C=O) groups excluding carboxylic acids is 1. The van der Waals surface area contributed by atoms with Crippen molar-refractivity contribution in [2.24, 2.45) is 16.8 Å². The van der Waals surface area contributed by atoms with Crippen LogP contribution in [0.4, 0.5) is 5.69 Å². The maximum atomic E-state index is 11.2. The van der Waals surface area contributed by atoms with Gasteiger partial charge in [-0.15, -0.1) is 4.91 Å². The molecule has 19 heavy (non-hydrogen) atoms. The summed E-state index contributed by atoms with van der Waals surface area (Å²) in [6.45, 7) is 4.01. The van der Waals surface area contributed by atoms with Crippen LogP contribution in [0.2, 0.25) is 0 Å². The fourth-order valence-corrected chi connectivity index (χ4v) is 2.88.